The zero-order valence-electron chi connectivity index (χ0n) is 8.12. The van der Waals surface area contributed by atoms with Gasteiger partial charge in [0.2, 0.25) is 0 Å². The Morgan fingerprint density at radius 2 is 1.94 bits per heavy atom. The summed E-state index contributed by atoms with van der Waals surface area (Å²) in [6.45, 7) is 0. The van der Waals surface area contributed by atoms with Crippen molar-refractivity contribution in [3.63, 3.8) is 0 Å². The Kier molecular flexibility index (Phi) is 3.26. The molecule has 0 aliphatic heterocycles. The third-order valence-electron chi connectivity index (χ3n) is 1.71. The predicted molar refractivity (Wildman–Crippen MR) is 48.1 cm³/mol. The molecule has 17 heavy (non-hydrogen) atoms. The van der Waals surface area contributed by atoms with E-state index in [0.29, 0.717) is 0 Å². The Balaban J connectivity index is 3.20. The zero-order valence-corrected chi connectivity index (χ0v) is 8.12. The van der Waals surface area contributed by atoms with E-state index < -0.39 is 35.1 Å². The van der Waals surface area contributed by atoms with Crippen molar-refractivity contribution in [1.82, 2.24) is 0 Å². The number of carboxylic acid groups (broad SMARTS) is 1. The van der Waals surface area contributed by atoms with Crippen molar-refractivity contribution in [2.45, 2.75) is 6.11 Å². The molecule has 0 aromatic heterocycles. The smallest absolute Gasteiger partial charge is 0.474 e. The molecule has 1 rings (SSSR count). The number of ether oxygens (including phenoxy) is 1. The molecule has 0 aliphatic carbocycles. The van der Waals surface area contributed by atoms with Gasteiger partial charge in [0.15, 0.2) is 0 Å². The number of rotatable bonds is 4. The molecule has 0 unspecified atom stereocenters. The van der Waals surface area contributed by atoms with E-state index in [1.54, 1.807) is 0 Å². The van der Waals surface area contributed by atoms with Gasteiger partial charge in [0, 0.05) is 0 Å². The van der Waals surface area contributed by atoms with E-state index in [9.17, 15) is 22.8 Å². The SMILES string of the molecule is NC(=O)c1c(F)cccc1OC(F)(F)C(=O)O. The van der Waals surface area contributed by atoms with E-state index in [-0.39, 0.29) is 0 Å². The van der Waals surface area contributed by atoms with Gasteiger partial charge in [-0.3, -0.25) is 4.79 Å². The average molecular weight is 249 g/mol. The normalized spacial score (nSPS) is 11.0. The van der Waals surface area contributed by atoms with Crippen LogP contribution in [0.2, 0.25) is 0 Å². The van der Waals surface area contributed by atoms with Crippen molar-refractivity contribution in [1.29, 1.82) is 0 Å². The van der Waals surface area contributed by atoms with Crippen LogP contribution in [0.4, 0.5) is 13.2 Å². The number of benzene rings is 1. The monoisotopic (exact) mass is 249 g/mol. The lowest BCUT2D eigenvalue weighted by Crippen LogP contribution is -2.35. The first-order valence-corrected chi connectivity index (χ1v) is 4.14. The number of aliphatic carboxylic acids is 1. The molecule has 1 amide bonds. The molecule has 0 atom stereocenters. The summed E-state index contributed by atoms with van der Waals surface area (Å²) in [7, 11) is 0. The molecule has 8 heteroatoms. The molecule has 92 valence electrons. The van der Waals surface area contributed by atoms with Crippen LogP contribution in [-0.2, 0) is 4.79 Å². The van der Waals surface area contributed by atoms with Gasteiger partial charge in [0.25, 0.3) is 5.91 Å². The van der Waals surface area contributed by atoms with Crippen LogP contribution in [0.5, 0.6) is 5.75 Å². The second-order valence-corrected chi connectivity index (χ2v) is 2.90. The standard InChI is InChI=1S/C9H6F3NO4/c10-4-2-1-3-5(6(4)7(13)14)17-9(11,12)8(15)16/h1-3H,(H2,13,14)(H,15,16). The summed E-state index contributed by atoms with van der Waals surface area (Å²) in [4.78, 5) is 20.9. The molecule has 1 aromatic carbocycles. The summed E-state index contributed by atoms with van der Waals surface area (Å²) in [5.41, 5.74) is 3.82. The van der Waals surface area contributed by atoms with Crippen molar-refractivity contribution in [2.24, 2.45) is 5.73 Å². The van der Waals surface area contributed by atoms with Gasteiger partial charge in [-0.2, -0.15) is 8.78 Å². The number of carboxylic acids is 1. The Hall–Kier alpha value is -2.25. The molecule has 1 aromatic rings. The summed E-state index contributed by atoms with van der Waals surface area (Å²) in [5.74, 6) is -6.04. The highest BCUT2D eigenvalue weighted by Gasteiger charge is 2.43. The van der Waals surface area contributed by atoms with Gasteiger partial charge >= 0.3 is 12.1 Å². The van der Waals surface area contributed by atoms with E-state index >= 15 is 0 Å². The van der Waals surface area contributed by atoms with Crippen molar-refractivity contribution in [3.05, 3.63) is 29.6 Å². The maximum atomic E-state index is 13.1. The summed E-state index contributed by atoms with van der Waals surface area (Å²) in [6, 6.07) is 2.57. The highest BCUT2D eigenvalue weighted by molar-refractivity contribution is 5.96. The topological polar surface area (TPSA) is 89.6 Å². The van der Waals surface area contributed by atoms with Crippen LogP contribution < -0.4 is 10.5 Å². The van der Waals surface area contributed by atoms with Crippen LogP contribution in [0.25, 0.3) is 0 Å². The maximum absolute atomic E-state index is 13.1. The molecular weight excluding hydrogens is 243 g/mol. The van der Waals surface area contributed by atoms with Crippen LogP contribution in [0.3, 0.4) is 0 Å². The lowest BCUT2D eigenvalue weighted by Gasteiger charge is -2.15. The first-order chi connectivity index (χ1) is 7.75. The molecule has 0 aliphatic rings. The largest absolute Gasteiger partial charge is 0.501 e. The van der Waals surface area contributed by atoms with E-state index in [0.717, 1.165) is 18.2 Å². The minimum atomic E-state index is -4.59. The molecule has 3 N–H and O–H groups in total. The molecule has 0 saturated heterocycles. The van der Waals surface area contributed by atoms with E-state index in [1.165, 1.54) is 0 Å². The Morgan fingerprint density at radius 3 is 2.41 bits per heavy atom. The number of nitrogens with two attached hydrogens (primary N) is 1. The van der Waals surface area contributed by atoms with Crippen LogP contribution >= 0.6 is 0 Å². The van der Waals surface area contributed by atoms with Crippen LogP contribution in [0.15, 0.2) is 18.2 Å². The van der Waals surface area contributed by atoms with Crippen LogP contribution in [-0.4, -0.2) is 23.1 Å². The Morgan fingerprint density at radius 1 is 1.35 bits per heavy atom. The number of hydrogen-bond acceptors (Lipinski definition) is 3. The third kappa shape index (κ3) is 2.65. The fourth-order valence-corrected chi connectivity index (χ4v) is 1.01. The number of alkyl halides is 2. The third-order valence-corrected chi connectivity index (χ3v) is 1.71. The minimum absolute atomic E-state index is 0.797. The van der Waals surface area contributed by atoms with Gasteiger partial charge in [0.05, 0.1) is 0 Å². The molecule has 0 fully saturated rings. The number of amides is 1. The van der Waals surface area contributed by atoms with Gasteiger partial charge in [0.1, 0.15) is 17.1 Å². The second-order valence-electron chi connectivity index (χ2n) is 2.90. The molecule has 0 spiro atoms. The lowest BCUT2D eigenvalue weighted by molar-refractivity contribution is -0.211. The van der Waals surface area contributed by atoms with Crippen LogP contribution in [0, 0.1) is 5.82 Å². The maximum Gasteiger partial charge on any atom is 0.501 e. The fourth-order valence-electron chi connectivity index (χ4n) is 1.01. The molecule has 0 heterocycles. The summed E-state index contributed by atoms with van der Waals surface area (Å²) in [6.07, 6.45) is -4.59. The van der Waals surface area contributed by atoms with Crippen molar-refractivity contribution in [3.8, 4) is 5.75 Å². The number of hydrogen-bond donors (Lipinski definition) is 2. The quantitative estimate of drug-likeness (QED) is 0.832. The Bertz CT molecular complexity index is 475. The number of carbonyl (C=O) groups is 2. The zero-order chi connectivity index (χ0) is 13.2. The van der Waals surface area contributed by atoms with Crippen molar-refractivity contribution < 1.29 is 32.6 Å². The molecule has 5 nitrogen and oxygen atoms in total. The van der Waals surface area contributed by atoms with Gasteiger partial charge in [-0.1, -0.05) is 6.07 Å². The first kappa shape index (κ1) is 12.8. The van der Waals surface area contributed by atoms with Gasteiger partial charge in [-0.15, -0.1) is 0 Å². The summed E-state index contributed by atoms with van der Waals surface area (Å²) < 4.78 is 42.3. The molecule has 0 saturated carbocycles. The highest BCUT2D eigenvalue weighted by Crippen LogP contribution is 2.27. The van der Waals surface area contributed by atoms with Crippen molar-refractivity contribution >= 4 is 11.9 Å². The molecule has 0 bridgehead atoms. The Labute approximate surface area is 92.6 Å². The van der Waals surface area contributed by atoms with E-state index in [4.69, 9.17) is 10.8 Å². The van der Waals surface area contributed by atoms with Gasteiger partial charge in [-0.05, 0) is 12.1 Å². The second kappa shape index (κ2) is 4.32. The first-order valence-electron chi connectivity index (χ1n) is 4.14. The van der Waals surface area contributed by atoms with Crippen molar-refractivity contribution in [2.75, 3.05) is 0 Å². The average Bonchev–Trinajstić information content (AvgIpc) is 2.15. The fraction of sp³-hybridized carbons (Fsp3) is 0.111. The summed E-state index contributed by atoms with van der Waals surface area (Å²) >= 11 is 0. The summed E-state index contributed by atoms with van der Waals surface area (Å²) in [5, 5.41) is 8.12. The van der Waals surface area contributed by atoms with Gasteiger partial charge < -0.3 is 15.6 Å². The van der Waals surface area contributed by atoms with Crippen LogP contribution in [0.1, 0.15) is 10.4 Å². The van der Waals surface area contributed by atoms with E-state index in [1.807, 2.05) is 0 Å². The number of halogens is 3. The van der Waals surface area contributed by atoms with Gasteiger partial charge in [-0.25, -0.2) is 9.18 Å². The van der Waals surface area contributed by atoms with E-state index in [2.05, 4.69) is 4.74 Å². The molecule has 0 radical (unpaired) electrons. The highest BCUT2D eigenvalue weighted by atomic mass is 19.3. The number of carbonyl (C=O) groups excluding carboxylic acids is 1. The number of primary amides is 1. The lowest BCUT2D eigenvalue weighted by atomic mass is 10.2. The minimum Gasteiger partial charge on any atom is -0.474 e. The predicted octanol–water partition coefficient (Wildman–Crippen LogP) is 0.981. The molecular formula is C9H6F3NO4.